The summed E-state index contributed by atoms with van der Waals surface area (Å²) in [5, 5.41) is 7.57. The van der Waals surface area contributed by atoms with Gasteiger partial charge in [0, 0.05) is 42.5 Å². The van der Waals surface area contributed by atoms with E-state index >= 15 is 0 Å². The Hall–Kier alpha value is -8.74. The van der Waals surface area contributed by atoms with Crippen molar-refractivity contribution in [3.8, 4) is 34.8 Å². The maximum absolute atomic E-state index is 13.5. The van der Waals surface area contributed by atoms with Crippen molar-refractivity contribution in [2.75, 3.05) is 35.0 Å². The molecule has 0 saturated heterocycles. The first-order chi connectivity index (χ1) is 35.5. The molecular weight excluding hydrogens is 925 g/mol. The van der Waals surface area contributed by atoms with Crippen molar-refractivity contribution in [3.63, 3.8) is 0 Å². The SMILES string of the molecule is CC.CCO.COc1ccc(Cn2c(C#Cc3ccccn3)cc(=O)n(Cc3ccc(OC)cc3)c2=O)cc1.COc1ccc(Cn2c(CCc3ccccn3)cc(=O)n(Cc3ccc(OC)cc3)c2=O)cc1. The van der Waals surface area contributed by atoms with Crippen LogP contribution in [0.4, 0.5) is 0 Å². The lowest BCUT2D eigenvalue weighted by atomic mass is 10.1. The molecule has 8 aromatic rings. The van der Waals surface area contributed by atoms with E-state index in [0.29, 0.717) is 42.2 Å². The Morgan fingerprint density at radius 3 is 1.25 bits per heavy atom. The highest BCUT2D eigenvalue weighted by molar-refractivity contribution is 5.37. The molecule has 1 N–H and O–H groups in total. The van der Waals surface area contributed by atoms with Crippen LogP contribution in [0, 0.1) is 11.8 Å². The van der Waals surface area contributed by atoms with E-state index < -0.39 is 11.2 Å². The minimum atomic E-state index is -0.440. The normalized spacial score (nSPS) is 10.1. The minimum absolute atomic E-state index is 0.137. The zero-order valence-electron chi connectivity index (χ0n) is 42.4. The van der Waals surface area contributed by atoms with Gasteiger partial charge in [-0.2, -0.15) is 0 Å². The highest BCUT2D eigenvalue weighted by Gasteiger charge is 2.15. The summed E-state index contributed by atoms with van der Waals surface area (Å²) >= 11 is 0. The highest BCUT2D eigenvalue weighted by Crippen LogP contribution is 2.16. The number of ether oxygens (including phenoxy) is 4. The molecule has 0 aliphatic heterocycles. The predicted molar refractivity (Wildman–Crippen MR) is 284 cm³/mol. The number of aryl methyl sites for hydroxylation is 2. The van der Waals surface area contributed by atoms with Gasteiger partial charge in [0.25, 0.3) is 11.1 Å². The third-order valence-corrected chi connectivity index (χ3v) is 11.0. The Morgan fingerprint density at radius 1 is 0.466 bits per heavy atom. The summed E-state index contributed by atoms with van der Waals surface area (Å²) < 4.78 is 26.5. The van der Waals surface area contributed by atoms with Crippen molar-refractivity contribution in [2.24, 2.45) is 0 Å². The molecule has 0 saturated carbocycles. The summed E-state index contributed by atoms with van der Waals surface area (Å²) in [5.41, 5.74) is 4.42. The van der Waals surface area contributed by atoms with Crippen LogP contribution < -0.4 is 41.4 Å². The van der Waals surface area contributed by atoms with Crippen molar-refractivity contribution in [1.82, 2.24) is 28.2 Å². The molecule has 0 atom stereocenters. The standard InChI is InChI=1S/C27H27N3O4.C27H23N3O4.C2H6O.C2H6/c2*1-33-24-12-6-20(7-13-24)18-29-23(11-10-22-5-3-4-16-28-22)17-26(31)30(27(29)32)19-21-8-14-25(34-2)15-9-21;1-2-3;1-2/h3-9,12-17H,10-11,18-19H2,1-2H3;3-9,12-17H,18-19H2,1-2H3;3H,2H2,1H3;1-2H3. The molecule has 0 aliphatic rings. The first-order valence-electron chi connectivity index (χ1n) is 23.7. The second-order valence-corrected chi connectivity index (χ2v) is 15.7. The first kappa shape index (κ1) is 55.2. The fourth-order valence-corrected chi connectivity index (χ4v) is 7.22. The lowest BCUT2D eigenvalue weighted by molar-refractivity contribution is 0.318. The van der Waals surface area contributed by atoms with Gasteiger partial charge in [0.15, 0.2) is 0 Å². The van der Waals surface area contributed by atoms with Gasteiger partial charge < -0.3 is 24.1 Å². The number of hydrogen-bond acceptors (Lipinski definition) is 11. The van der Waals surface area contributed by atoms with E-state index in [1.54, 1.807) is 82.7 Å². The number of rotatable bonds is 15. The average Bonchev–Trinajstić information content (AvgIpc) is 3.43. The molecule has 0 fully saturated rings. The Balaban J connectivity index is 0.000000249. The number of benzene rings is 4. The molecule has 8 rings (SSSR count). The number of aliphatic hydroxyl groups is 1. The van der Waals surface area contributed by atoms with Crippen molar-refractivity contribution in [1.29, 1.82) is 0 Å². The number of nitrogens with zero attached hydrogens (tertiary/aromatic N) is 6. The van der Waals surface area contributed by atoms with E-state index in [-0.39, 0.29) is 37.5 Å². The van der Waals surface area contributed by atoms with E-state index in [2.05, 4.69) is 21.8 Å². The number of pyridine rings is 2. The Kier molecular flexibility index (Phi) is 21.8. The summed E-state index contributed by atoms with van der Waals surface area (Å²) in [7, 11) is 6.40. The molecule has 4 heterocycles. The average molecular weight is 987 g/mol. The van der Waals surface area contributed by atoms with Gasteiger partial charge in [-0.1, -0.05) is 74.5 Å². The van der Waals surface area contributed by atoms with Gasteiger partial charge in [-0.3, -0.25) is 32.8 Å². The molecule has 4 aromatic carbocycles. The molecule has 4 aromatic heterocycles. The zero-order valence-corrected chi connectivity index (χ0v) is 42.4. The van der Waals surface area contributed by atoms with Crippen LogP contribution in [0.5, 0.6) is 23.0 Å². The Labute approximate surface area is 425 Å². The van der Waals surface area contributed by atoms with Gasteiger partial charge in [-0.25, -0.2) is 14.6 Å². The highest BCUT2D eigenvalue weighted by atomic mass is 16.5. The molecule has 0 aliphatic carbocycles. The smallest absolute Gasteiger partial charge is 0.332 e. The van der Waals surface area contributed by atoms with Gasteiger partial charge in [-0.05, 0) is 127 Å². The lowest BCUT2D eigenvalue weighted by Gasteiger charge is -2.16. The largest absolute Gasteiger partial charge is 0.497 e. The van der Waals surface area contributed by atoms with Gasteiger partial charge >= 0.3 is 11.4 Å². The van der Waals surface area contributed by atoms with Crippen LogP contribution in [-0.2, 0) is 39.0 Å². The Bertz CT molecular complexity index is 3250. The summed E-state index contributed by atoms with van der Waals surface area (Å²) in [6, 6.07) is 43.6. The molecule has 15 heteroatoms. The van der Waals surface area contributed by atoms with Crippen molar-refractivity contribution < 1.29 is 24.1 Å². The molecular formula is C58H62N6O9. The first-order valence-corrected chi connectivity index (χ1v) is 23.7. The van der Waals surface area contributed by atoms with Crippen LogP contribution in [0.25, 0.3) is 0 Å². The predicted octanol–water partition coefficient (Wildman–Crippen LogP) is 7.25. The maximum atomic E-state index is 13.5. The maximum Gasteiger partial charge on any atom is 0.332 e. The molecule has 0 spiro atoms. The second-order valence-electron chi connectivity index (χ2n) is 15.7. The fourth-order valence-electron chi connectivity index (χ4n) is 7.22. The van der Waals surface area contributed by atoms with E-state index in [0.717, 1.165) is 45.2 Å². The fraction of sp³-hybridized carbons (Fsp3) is 0.241. The van der Waals surface area contributed by atoms with E-state index in [1.165, 1.54) is 19.8 Å². The molecule has 0 unspecified atom stereocenters. The van der Waals surface area contributed by atoms with Crippen LogP contribution in [0.1, 0.15) is 65.8 Å². The monoisotopic (exact) mass is 986 g/mol. The number of aliphatic hydroxyl groups excluding tert-OH is 1. The van der Waals surface area contributed by atoms with Crippen molar-refractivity contribution in [3.05, 3.63) is 245 Å². The molecule has 0 radical (unpaired) electrons. The molecule has 378 valence electrons. The van der Waals surface area contributed by atoms with Crippen LogP contribution >= 0.6 is 0 Å². The van der Waals surface area contributed by atoms with Crippen LogP contribution in [-0.4, -0.2) is 68.4 Å². The molecule has 73 heavy (non-hydrogen) atoms. The summed E-state index contributed by atoms with van der Waals surface area (Å²) in [5.74, 6) is 8.78. The topological polar surface area (TPSA) is 171 Å². The van der Waals surface area contributed by atoms with Gasteiger partial charge in [0.2, 0.25) is 0 Å². The summed E-state index contributed by atoms with van der Waals surface area (Å²) in [4.78, 5) is 61.5. The van der Waals surface area contributed by atoms with Crippen molar-refractivity contribution in [2.45, 2.75) is 59.8 Å². The van der Waals surface area contributed by atoms with Crippen LogP contribution in [0.3, 0.4) is 0 Å². The number of methoxy groups -OCH3 is 4. The van der Waals surface area contributed by atoms with Gasteiger partial charge in [-0.15, -0.1) is 0 Å². The Morgan fingerprint density at radius 2 is 0.849 bits per heavy atom. The second kappa shape index (κ2) is 28.8. The third kappa shape index (κ3) is 16.1. The molecule has 0 amide bonds. The van der Waals surface area contributed by atoms with E-state index in [1.807, 2.05) is 123 Å². The number of hydrogen-bond donors (Lipinski definition) is 1. The lowest BCUT2D eigenvalue weighted by Crippen LogP contribution is -2.41. The molecule has 15 nitrogen and oxygen atoms in total. The zero-order chi connectivity index (χ0) is 52.5. The molecule has 0 bridgehead atoms. The third-order valence-electron chi connectivity index (χ3n) is 11.0. The van der Waals surface area contributed by atoms with Gasteiger partial charge in [0.1, 0.15) is 34.4 Å². The van der Waals surface area contributed by atoms with E-state index in [4.69, 9.17) is 24.1 Å². The van der Waals surface area contributed by atoms with Gasteiger partial charge in [0.05, 0.1) is 54.6 Å². The van der Waals surface area contributed by atoms with Crippen molar-refractivity contribution >= 4 is 0 Å². The van der Waals surface area contributed by atoms with E-state index in [9.17, 15) is 19.2 Å². The summed E-state index contributed by atoms with van der Waals surface area (Å²) in [6.07, 6.45) is 4.54. The minimum Gasteiger partial charge on any atom is -0.497 e. The van der Waals surface area contributed by atoms with Crippen LogP contribution in [0.2, 0.25) is 0 Å². The summed E-state index contributed by atoms with van der Waals surface area (Å²) in [6.45, 7) is 6.85. The number of aromatic nitrogens is 6. The quantitative estimate of drug-likeness (QED) is 0.103. The van der Waals surface area contributed by atoms with Crippen LogP contribution in [0.15, 0.2) is 177 Å².